The molecule has 4 saturated carbocycles. The summed E-state index contributed by atoms with van der Waals surface area (Å²) in [7, 11) is 4.06. The predicted octanol–water partition coefficient (Wildman–Crippen LogP) is 4.55. The third-order valence-corrected chi connectivity index (χ3v) is 8.12. The predicted molar refractivity (Wildman–Crippen MR) is 111 cm³/mol. The van der Waals surface area contributed by atoms with Crippen LogP contribution in [0, 0.1) is 29.0 Å². The van der Waals surface area contributed by atoms with Gasteiger partial charge in [0.05, 0.1) is 15.6 Å². The molecule has 4 nitrogen and oxygen atoms in total. The lowest BCUT2D eigenvalue weighted by atomic mass is 9.49. The fourth-order valence-corrected chi connectivity index (χ4v) is 7.26. The van der Waals surface area contributed by atoms with E-state index in [0.29, 0.717) is 6.54 Å². The molecule has 6 heteroatoms. The van der Waals surface area contributed by atoms with Crippen molar-refractivity contribution in [3.63, 3.8) is 0 Å². The molecule has 0 radical (unpaired) electrons. The Morgan fingerprint density at radius 1 is 1.14 bits per heavy atom. The van der Waals surface area contributed by atoms with Gasteiger partial charge in [-0.1, -0.05) is 11.3 Å². The highest BCUT2D eigenvalue weighted by Gasteiger charge is 2.55. The third-order valence-electron chi connectivity index (χ3n) is 7.08. The van der Waals surface area contributed by atoms with Crippen LogP contribution in [0.2, 0.25) is 0 Å². The highest BCUT2D eigenvalue weighted by atomic mass is 32.1. The number of halogens is 1. The average Bonchev–Trinajstić information content (AvgIpc) is 3.03. The number of likely N-dealkylation sites (N-methyl/N-ethyl adjacent to an activating group) is 1. The molecule has 28 heavy (non-hydrogen) atoms. The molecule has 6 rings (SSSR count). The molecule has 0 aliphatic heterocycles. The number of rotatable bonds is 5. The highest BCUT2D eigenvalue weighted by molar-refractivity contribution is 7.22. The van der Waals surface area contributed by atoms with Crippen molar-refractivity contribution in [2.24, 2.45) is 23.2 Å². The Kier molecular flexibility index (Phi) is 4.47. The van der Waals surface area contributed by atoms with Crippen molar-refractivity contribution in [2.75, 3.05) is 32.1 Å². The minimum absolute atomic E-state index is 0.190. The maximum absolute atomic E-state index is 14.0. The summed E-state index contributed by atoms with van der Waals surface area (Å²) >= 11 is 1.44. The average molecular weight is 402 g/mol. The van der Waals surface area contributed by atoms with E-state index in [4.69, 9.17) is 4.98 Å². The van der Waals surface area contributed by atoms with E-state index < -0.39 is 0 Å². The largest absolute Gasteiger partial charge is 0.308 e. The molecule has 1 aromatic carbocycles. The summed E-state index contributed by atoms with van der Waals surface area (Å²) in [4.78, 5) is 22.7. The molecule has 0 N–H and O–H groups in total. The molecule has 1 aromatic heterocycles. The lowest BCUT2D eigenvalue weighted by molar-refractivity contribution is -0.143. The second kappa shape index (κ2) is 6.77. The van der Waals surface area contributed by atoms with Crippen molar-refractivity contribution in [3.05, 3.63) is 24.0 Å². The summed E-state index contributed by atoms with van der Waals surface area (Å²) in [5.74, 6) is 2.21. The van der Waals surface area contributed by atoms with Crippen LogP contribution >= 0.6 is 11.3 Å². The Morgan fingerprint density at radius 3 is 2.39 bits per heavy atom. The Labute approximate surface area is 169 Å². The number of thiazole rings is 1. The summed E-state index contributed by atoms with van der Waals surface area (Å²) in [6.07, 6.45) is 7.13. The van der Waals surface area contributed by atoms with Gasteiger partial charge in [-0.05, 0) is 88.6 Å². The van der Waals surface area contributed by atoms with Crippen LogP contribution in [0.1, 0.15) is 38.5 Å². The van der Waals surface area contributed by atoms with Gasteiger partial charge in [0.15, 0.2) is 5.13 Å². The molecule has 1 amide bonds. The van der Waals surface area contributed by atoms with Gasteiger partial charge in [0.2, 0.25) is 5.91 Å². The van der Waals surface area contributed by atoms with E-state index in [-0.39, 0.29) is 17.1 Å². The van der Waals surface area contributed by atoms with Gasteiger partial charge in [0.25, 0.3) is 0 Å². The molecule has 1 heterocycles. The Morgan fingerprint density at radius 2 is 1.79 bits per heavy atom. The van der Waals surface area contributed by atoms with Crippen LogP contribution in [0.4, 0.5) is 9.52 Å². The number of carbonyl (C=O) groups excluding carboxylic acids is 1. The number of nitrogens with zero attached hydrogens (tertiary/aromatic N) is 3. The first-order valence-electron chi connectivity index (χ1n) is 10.4. The first-order valence-corrected chi connectivity index (χ1v) is 11.3. The molecule has 0 spiro atoms. The first kappa shape index (κ1) is 18.5. The molecule has 150 valence electrons. The smallest absolute Gasteiger partial charge is 0.235 e. The van der Waals surface area contributed by atoms with Crippen LogP contribution in [-0.2, 0) is 4.79 Å². The molecule has 0 unspecified atom stereocenters. The Bertz CT molecular complexity index is 873. The van der Waals surface area contributed by atoms with Crippen molar-refractivity contribution in [1.29, 1.82) is 0 Å². The SMILES string of the molecule is CN(C)CCN(C(=O)C12CC3CC(CC(C3)C1)C2)c1nc2ccc(F)cc2s1. The third kappa shape index (κ3) is 3.14. The zero-order chi connectivity index (χ0) is 19.5. The van der Waals surface area contributed by atoms with Crippen molar-refractivity contribution >= 4 is 32.6 Å². The lowest BCUT2D eigenvalue weighted by Gasteiger charge is -2.56. The number of carbonyl (C=O) groups is 1. The fraction of sp³-hybridized carbons (Fsp3) is 0.636. The number of hydrogen-bond donors (Lipinski definition) is 0. The van der Waals surface area contributed by atoms with Gasteiger partial charge < -0.3 is 4.90 Å². The number of anilines is 1. The van der Waals surface area contributed by atoms with Gasteiger partial charge in [-0.3, -0.25) is 9.69 Å². The van der Waals surface area contributed by atoms with Gasteiger partial charge in [0.1, 0.15) is 5.82 Å². The van der Waals surface area contributed by atoms with Crippen molar-refractivity contribution in [1.82, 2.24) is 9.88 Å². The summed E-state index contributed by atoms with van der Waals surface area (Å²) in [6.45, 7) is 1.43. The normalized spacial score (nSPS) is 31.1. The van der Waals surface area contributed by atoms with E-state index in [0.717, 1.165) is 58.9 Å². The van der Waals surface area contributed by atoms with Crippen LogP contribution < -0.4 is 4.90 Å². The highest BCUT2D eigenvalue weighted by Crippen LogP contribution is 2.60. The number of amides is 1. The van der Waals surface area contributed by atoms with Gasteiger partial charge in [-0.2, -0.15) is 0 Å². The molecule has 4 aliphatic rings. The maximum Gasteiger partial charge on any atom is 0.235 e. The number of hydrogen-bond acceptors (Lipinski definition) is 4. The number of fused-ring (bicyclic) bond motifs is 1. The molecule has 4 fully saturated rings. The first-order chi connectivity index (χ1) is 13.4. The van der Waals surface area contributed by atoms with E-state index in [1.54, 1.807) is 6.07 Å². The lowest BCUT2D eigenvalue weighted by Crippen LogP contribution is -2.55. The van der Waals surface area contributed by atoms with E-state index in [9.17, 15) is 9.18 Å². The van der Waals surface area contributed by atoms with Gasteiger partial charge >= 0.3 is 0 Å². The van der Waals surface area contributed by atoms with Crippen LogP contribution in [0.25, 0.3) is 10.2 Å². The van der Waals surface area contributed by atoms with E-state index in [1.807, 2.05) is 19.0 Å². The zero-order valence-electron chi connectivity index (χ0n) is 16.7. The second-order valence-corrected chi connectivity index (χ2v) is 10.6. The van der Waals surface area contributed by atoms with Crippen molar-refractivity contribution in [2.45, 2.75) is 38.5 Å². The van der Waals surface area contributed by atoms with Crippen LogP contribution in [0.3, 0.4) is 0 Å². The zero-order valence-corrected chi connectivity index (χ0v) is 17.5. The monoisotopic (exact) mass is 401 g/mol. The summed E-state index contributed by atoms with van der Waals surface area (Å²) < 4.78 is 14.5. The minimum atomic E-state index is -0.255. The second-order valence-electron chi connectivity index (χ2n) is 9.57. The van der Waals surface area contributed by atoms with E-state index in [1.165, 1.54) is 42.7 Å². The molecular formula is C22H28FN3OS. The number of benzene rings is 1. The molecule has 2 aromatic rings. The van der Waals surface area contributed by atoms with Gasteiger partial charge in [-0.25, -0.2) is 9.37 Å². The molecule has 4 aliphatic carbocycles. The molecule has 4 bridgehead atoms. The van der Waals surface area contributed by atoms with Crippen LogP contribution in [0.15, 0.2) is 18.2 Å². The number of aromatic nitrogens is 1. The molecule has 0 saturated heterocycles. The molecule has 0 atom stereocenters. The van der Waals surface area contributed by atoms with Crippen LogP contribution in [0.5, 0.6) is 0 Å². The topological polar surface area (TPSA) is 36.4 Å². The Balaban J connectivity index is 1.50. The quantitative estimate of drug-likeness (QED) is 0.738. The fourth-order valence-electron chi connectivity index (χ4n) is 6.24. The maximum atomic E-state index is 14.0. The van der Waals surface area contributed by atoms with Crippen LogP contribution in [-0.4, -0.2) is 43.0 Å². The van der Waals surface area contributed by atoms with Gasteiger partial charge in [-0.15, -0.1) is 0 Å². The minimum Gasteiger partial charge on any atom is -0.308 e. The summed E-state index contributed by atoms with van der Waals surface area (Å²) in [5, 5.41) is 0.725. The van der Waals surface area contributed by atoms with E-state index in [2.05, 4.69) is 4.90 Å². The van der Waals surface area contributed by atoms with Gasteiger partial charge in [0, 0.05) is 13.1 Å². The van der Waals surface area contributed by atoms with E-state index >= 15 is 0 Å². The van der Waals surface area contributed by atoms with Crippen molar-refractivity contribution < 1.29 is 9.18 Å². The Hall–Kier alpha value is -1.53. The standard InChI is InChI=1S/C22H28FN3OS/c1-25(2)5-6-26(21-24-18-4-3-17(23)10-19(18)28-21)20(27)22-11-14-7-15(12-22)9-16(8-14)13-22/h3-4,10,14-16H,5-9,11-13H2,1-2H3. The summed E-state index contributed by atoms with van der Waals surface area (Å²) in [6, 6.07) is 4.68. The van der Waals surface area contributed by atoms with Crippen molar-refractivity contribution in [3.8, 4) is 0 Å². The summed E-state index contributed by atoms with van der Waals surface area (Å²) in [5.41, 5.74) is 0.582. The molecular weight excluding hydrogens is 373 g/mol.